The van der Waals surface area contributed by atoms with Crippen molar-refractivity contribution in [2.75, 3.05) is 44.2 Å². The zero-order chi connectivity index (χ0) is 17.6. The average molecular weight is 364 g/mol. The SMILES string of the molecule is Cc1cc(OC[C@H](O)C[NH+]2CCN(c3cccc[nH+]3)CC2)ccc1Cl. The van der Waals surface area contributed by atoms with Crippen molar-refractivity contribution < 1.29 is 19.7 Å². The van der Waals surface area contributed by atoms with Crippen LogP contribution in [0.3, 0.4) is 0 Å². The molecule has 1 aromatic carbocycles. The number of aromatic amines is 1. The van der Waals surface area contributed by atoms with Crippen LogP contribution in [-0.4, -0.2) is 50.5 Å². The van der Waals surface area contributed by atoms with Crippen molar-refractivity contribution in [3.8, 4) is 5.75 Å². The third kappa shape index (κ3) is 5.08. The number of rotatable bonds is 6. The van der Waals surface area contributed by atoms with Gasteiger partial charge in [-0.15, -0.1) is 0 Å². The number of hydrogen-bond donors (Lipinski definition) is 2. The summed E-state index contributed by atoms with van der Waals surface area (Å²) in [6.07, 6.45) is 1.48. The Morgan fingerprint density at radius 2 is 2.08 bits per heavy atom. The van der Waals surface area contributed by atoms with E-state index in [4.69, 9.17) is 16.3 Å². The predicted octanol–water partition coefficient (Wildman–Crippen LogP) is 0.607. The van der Waals surface area contributed by atoms with Crippen molar-refractivity contribution in [2.45, 2.75) is 13.0 Å². The topological polar surface area (TPSA) is 51.3 Å². The second-order valence-corrected chi connectivity index (χ2v) is 6.97. The fourth-order valence-corrected chi connectivity index (χ4v) is 3.26. The Balaban J connectivity index is 1.41. The Labute approximate surface area is 153 Å². The molecule has 1 aromatic heterocycles. The molecule has 3 rings (SSSR count). The molecule has 0 saturated carbocycles. The maximum atomic E-state index is 10.3. The molecule has 5 nitrogen and oxygen atoms in total. The van der Waals surface area contributed by atoms with Crippen LogP contribution >= 0.6 is 11.6 Å². The van der Waals surface area contributed by atoms with E-state index in [1.54, 1.807) is 0 Å². The first-order valence-electron chi connectivity index (χ1n) is 8.74. The van der Waals surface area contributed by atoms with Crippen LogP contribution in [0.2, 0.25) is 5.02 Å². The van der Waals surface area contributed by atoms with Crippen LogP contribution in [0.1, 0.15) is 5.56 Å². The number of anilines is 1. The Morgan fingerprint density at radius 1 is 1.28 bits per heavy atom. The molecule has 1 atom stereocenters. The number of aliphatic hydroxyl groups is 1. The third-order valence-electron chi connectivity index (χ3n) is 4.60. The second kappa shape index (κ2) is 8.52. The van der Waals surface area contributed by atoms with E-state index in [-0.39, 0.29) is 0 Å². The molecule has 3 N–H and O–H groups in total. The van der Waals surface area contributed by atoms with Gasteiger partial charge in [-0.3, -0.25) is 4.90 Å². The maximum absolute atomic E-state index is 10.3. The van der Waals surface area contributed by atoms with Gasteiger partial charge in [-0.1, -0.05) is 17.7 Å². The first-order chi connectivity index (χ1) is 12.1. The number of H-pyrrole nitrogens is 1. The summed E-state index contributed by atoms with van der Waals surface area (Å²) in [5.74, 6) is 1.91. The number of aliphatic hydroxyl groups excluding tert-OH is 1. The van der Waals surface area contributed by atoms with E-state index in [1.807, 2.05) is 43.5 Å². The highest BCUT2D eigenvalue weighted by atomic mass is 35.5. The fourth-order valence-electron chi connectivity index (χ4n) is 3.14. The van der Waals surface area contributed by atoms with Gasteiger partial charge in [-0.05, 0) is 36.8 Å². The maximum Gasteiger partial charge on any atom is 0.274 e. The van der Waals surface area contributed by atoms with E-state index in [1.165, 1.54) is 4.90 Å². The Kier molecular flexibility index (Phi) is 6.13. The van der Waals surface area contributed by atoms with Gasteiger partial charge in [-0.25, -0.2) is 4.98 Å². The first kappa shape index (κ1) is 18.0. The van der Waals surface area contributed by atoms with E-state index in [2.05, 4.69) is 16.0 Å². The van der Waals surface area contributed by atoms with Gasteiger partial charge in [-0.2, -0.15) is 0 Å². The van der Waals surface area contributed by atoms with Crippen LogP contribution in [-0.2, 0) is 0 Å². The molecule has 0 spiro atoms. The molecule has 1 aliphatic heterocycles. The number of nitrogens with one attached hydrogen (secondary N) is 2. The number of benzene rings is 1. The number of aryl methyl sites for hydroxylation is 1. The van der Waals surface area contributed by atoms with E-state index >= 15 is 0 Å². The van der Waals surface area contributed by atoms with Crippen molar-refractivity contribution in [3.05, 3.63) is 53.2 Å². The standard InChI is InChI=1S/C19H24ClN3O2/c1-15-12-17(5-6-18(15)20)25-14-16(24)13-22-8-10-23(11-9-22)19-4-2-3-7-21-19/h2-7,12,16,24H,8-11,13-14H2,1H3/p+2/t16-/m1/s1. The molecule has 2 heterocycles. The van der Waals surface area contributed by atoms with Gasteiger partial charge in [0.1, 0.15) is 51.2 Å². The Bertz CT molecular complexity index is 676. The van der Waals surface area contributed by atoms with Crippen LogP contribution in [0.25, 0.3) is 0 Å². The summed E-state index contributed by atoms with van der Waals surface area (Å²) in [6.45, 7) is 6.96. The number of hydrogen-bond acceptors (Lipinski definition) is 3. The zero-order valence-corrected chi connectivity index (χ0v) is 15.3. The summed E-state index contributed by atoms with van der Waals surface area (Å²) in [7, 11) is 0. The van der Waals surface area contributed by atoms with Crippen LogP contribution in [0.5, 0.6) is 5.75 Å². The molecule has 0 aliphatic carbocycles. The molecule has 1 aliphatic rings. The third-order valence-corrected chi connectivity index (χ3v) is 5.02. The highest BCUT2D eigenvalue weighted by molar-refractivity contribution is 6.31. The highest BCUT2D eigenvalue weighted by Gasteiger charge is 2.27. The predicted molar refractivity (Wildman–Crippen MR) is 98.5 cm³/mol. The minimum absolute atomic E-state index is 0.306. The normalized spacial score (nSPS) is 16.7. The monoisotopic (exact) mass is 363 g/mol. The number of quaternary nitrogens is 1. The number of piperazine rings is 1. The van der Waals surface area contributed by atoms with Gasteiger partial charge in [0.2, 0.25) is 0 Å². The molecule has 1 saturated heterocycles. The summed E-state index contributed by atoms with van der Waals surface area (Å²) in [6, 6.07) is 11.7. The molecule has 0 unspecified atom stereocenters. The molecular formula is C19H26ClN3O2+2. The van der Waals surface area contributed by atoms with Crippen LogP contribution in [0.4, 0.5) is 5.82 Å². The molecule has 1 fully saturated rings. The van der Waals surface area contributed by atoms with E-state index in [0.717, 1.165) is 48.3 Å². The number of aromatic nitrogens is 1. The van der Waals surface area contributed by atoms with Crippen molar-refractivity contribution in [2.24, 2.45) is 0 Å². The van der Waals surface area contributed by atoms with Gasteiger partial charge in [0.15, 0.2) is 0 Å². The van der Waals surface area contributed by atoms with Gasteiger partial charge in [0, 0.05) is 11.1 Å². The lowest BCUT2D eigenvalue weighted by Gasteiger charge is -2.29. The minimum Gasteiger partial charge on any atom is -0.491 e. The lowest BCUT2D eigenvalue weighted by atomic mass is 10.2. The smallest absolute Gasteiger partial charge is 0.274 e. The number of halogens is 1. The summed E-state index contributed by atoms with van der Waals surface area (Å²) in [4.78, 5) is 7.04. The van der Waals surface area contributed by atoms with Crippen LogP contribution in [0.15, 0.2) is 42.6 Å². The Morgan fingerprint density at radius 3 is 2.76 bits per heavy atom. The largest absolute Gasteiger partial charge is 0.491 e. The molecule has 25 heavy (non-hydrogen) atoms. The molecular weight excluding hydrogens is 338 g/mol. The lowest BCUT2D eigenvalue weighted by Crippen LogP contribution is -3.16. The first-order valence-corrected chi connectivity index (χ1v) is 9.12. The van der Waals surface area contributed by atoms with E-state index in [9.17, 15) is 5.11 Å². The van der Waals surface area contributed by atoms with Crippen molar-refractivity contribution in [1.29, 1.82) is 0 Å². The fraction of sp³-hybridized carbons (Fsp3) is 0.421. The summed E-state index contributed by atoms with van der Waals surface area (Å²) < 4.78 is 5.70. The quantitative estimate of drug-likeness (QED) is 0.790. The van der Waals surface area contributed by atoms with E-state index in [0.29, 0.717) is 13.2 Å². The zero-order valence-electron chi connectivity index (χ0n) is 14.5. The van der Waals surface area contributed by atoms with Crippen molar-refractivity contribution in [1.82, 2.24) is 0 Å². The summed E-state index contributed by atoms with van der Waals surface area (Å²) in [5.41, 5.74) is 0.980. The minimum atomic E-state index is -0.471. The average Bonchev–Trinajstić information content (AvgIpc) is 2.64. The molecule has 0 amide bonds. The second-order valence-electron chi connectivity index (χ2n) is 6.56. The van der Waals surface area contributed by atoms with Gasteiger partial charge in [0.05, 0.1) is 6.20 Å². The van der Waals surface area contributed by atoms with Gasteiger partial charge >= 0.3 is 0 Å². The molecule has 2 aromatic rings. The Hall–Kier alpha value is -1.82. The molecule has 6 heteroatoms. The molecule has 134 valence electrons. The van der Waals surface area contributed by atoms with Crippen molar-refractivity contribution >= 4 is 17.4 Å². The summed E-state index contributed by atoms with van der Waals surface area (Å²) >= 11 is 6.01. The highest BCUT2D eigenvalue weighted by Crippen LogP contribution is 2.21. The number of ether oxygens (including phenoxy) is 1. The van der Waals surface area contributed by atoms with Crippen molar-refractivity contribution in [3.63, 3.8) is 0 Å². The van der Waals surface area contributed by atoms with E-state index < -0.39 is 6.10 Å². The van der Waals surface area contributed by atoms with Crippen LogP contribution < -0.4 is 19.5 Å². The van der Waals surface area contributed by atoms with Crippen LogP contribution in [0, 0.1) is 6.92 Å². The lowest BCUT2D eigenvalue weighted by molar-refractivity contribution is -0.903. The molecule has 0 radical (unpaired) electrons. The molecule has 0 bridgehead atoms. The van der Waals surface area contributed by atoms with Gasteiger partial charge < -0.3 is 14.7 Å². The number of pyridine rings is 1. The van der Waals surface area contributed by atoms with Gasteiger partial charge in [0.25, 0.3) is 5.82 Å². The number of nitrogens with zero attached hydrogens (tertiary/aromatic N) is 1. The summed E-state index contributed by atoms with van der Waals surface area (Å²) in [5, 5.41) is 11.0.